The van der Waals surface area contributed by atoms with E-state index in [9.17, 15) is 14.7 Å². The topological polar surface area (TPSA) is 72.9 Å². The van der Waals surface area contributed by atoms with Gasteiger partial charge in [-0.25, -0.2) is 0 Å². The van der Waals surface area contributed by atoms with E-state index in [0.717, 1.165) is 58.4 Å². The minimum atomic E-state index is -0.691. The molecular weight excluding hydrogens is 270 g/mol. The summed E-state index contributed by atoms with van der Waals surface area (Å²) in [6.45, 7) is 4.40. The van der Waals surface area contributed by atoms with Gasteiger partial charge in [0, 0.05) is 25.6 Å². The van der Waals surface area contributed by atoms with Crippen molar-refractivity contribution in [2.75, 3.05) is 32.7 Å². The molecule has 0 bridgehead atoms. The summed E-state index contributed by atoms with van der Waals surface area (Å²) < 4.78 is 0. The average molecular weight is 295 g/mol. The largest absolute Gasteiger partial charge is 0.480 e. The van der Waals surface area contributed by atoms with E-state index < -0.39 is 5.97 Å². The third kappa shape index (κ3) is 3.21. The number of carboxylic acids is 1. The standard InChI is InChI=1S/C15H25N3O3/c19-14(8-11-9-16-10-11)17-6-3-12(4-7-17)18-5-1-2-13(18)15(20)21/h11-13,16H,1-10H2,(H,20,21). The van der Waals surface area contributed by atoms with Crippen molar-refractivity contribution in [3.63, 3.8) is 0 Å². The Morgan fingerprint density at radius 3 is 2.38 bits per heavy atom. The highest BCUT2D eigenvalue weighted by atomic mass is 16.4. The third-order valence-electron chi connectivity index (χ3n) is 5.19. The van der Waals surface area contributed by atoms with Gasteiger partial charge in [-0.3, -0.25) is 14.5 Å². The fourth-order valence-corrected chi connectivity index (χ4v) is 3.81. The van der Waals surface area contributed by atoms with Crippen LogP contribution in [0.2, 0.25) is 0 Å². The van der Waals surface area contributed by atoms with Gasteiger partial charge in [-0.05, 0) is 51.2 Å². The number of hydrogen-bond donors (Lipinski definition) is 2. The fourth-order valence-electron chi connectivity index (χ4n) is 3.81. The molecule has 0 spiro atoms. The zero-order chi connectivity index (χ0) is 14.8. The van der Waals surface area contributed by atoms with Crippen LogP contribution in [-0.2, 0) is 9.59 Å². The number of carbonyl (C=O) groups excluding carboxylic acids is 1. The smallest absolute Gasteiger partial charge is 0.320 e. The summed E-state index contributed by atoms with van der Waals surface area (Å²) in [5, 5.41) is 12.5. The van der Waals surface area contributed by atoms with Gasteiger partial charge in [-0.2, -0.15) is 0 Å². The van der Waals surface area contributed by atoms with Crippen molar-refractivity contribution in [2.45, 2.75) is 44.2 Å². The summed E-state index contributed by atoms with van der Waals surface area (Å²) in [4.78, 5) is 27.6. The molecule has 0 aliphatic carbocycles. The van der Waals surface area contributed by atoms with Gasteiger partial charge in [-0.1, -0.05) is 0 Å². The molecule has 3 fully saturated rings. The first-order valence-electron chi connectivity index (χ1n) is 8.12. The van der Waals surface area contributed by atoms with Gasteiger partial charge >= 0.3 is 5.97 Å². The van der Waals surface area contributed by atoms with Crippen LogP contribution in [0.4, 0.5) is 0 Å². The lowest BCUT2D eigenvalue weighted by Gasteiger charge is -2.39. The Hall–Kier alpha value is -1.14. The highest BCUT2D eigenvalue weighted by Crippen LogP contribution is 2.26. The summed E-state index contributed by atoms with van der Waals surface area (Å²) in [7, 11) is 0. The van der Waals surface area contributed by atoms with Crippen LogP contribution in [-0.4, -0.2) is 71.6 Å². The number of carboxylic acid groups (broad SMARTS) is 1. The molecule has 3 aliphatic rings. The van der Waals surface area contributed by atoms with Gasteiger partial charge in [0.2, 0.25) is 5.91 Å². The number of likely N-dealkylation sites (tertiary alicyclic amines) is 2. The minimum Gasteiger partial charge on any atom is -0.480 e. The minimum absolute atomic E-state index is 0.274. The molecular formula is C15H25N3O3. The van der Waals surface area contributed by atoms with E-state index in [1.807, 2.05) is 4.90 Å². The summed E-state index contributed by atoms with van der Waals surface area (Å²) in [5.41, 5.74) is 0. The number of aliphatic carboxylic acids is 1. The molecule has 0 saturated carbocycles. The Morgan fingerprint density at radius 1 is 1.10 bits per heavy atom. The molecule has 1 atom stereocenters. The molecule has 0 aromatic rings. The second-order valence-electron chi connectivity index (χ2n) is 6.57. The maximum absolute atomic E-state index is 12.2. The van der Waals surface area contributed by atoms with Crippen LogP contribution in [0, 0.1) is 5.92 Å². The van der Waals surface area contributed by atoms with E-state index in [1.165, 1.54) is 0 Å². The summed E-state index contributed by atoms with van der Waals surface area (Å²) in [6.07, 6.45) is 4.24. The number of amides is 1. The van der Waals surface area contributed by atoms with Gasteiger partial charge in [0.25, 0.3) is 0 Å². The van der Waals surface area contributed by atoms with Crippen molar-refractivity contribution >= 4 is 11.9 Å². The number of nitrogens with zero attached hydrogens (tertiary/aromatic N) is 2. The summed E-state index contributed by atoms with van der Waals surface area (Å²) in [6, 6.07) is 0.0290. The van der Waals surface area contributed by atoms with Crippen molar-refractivity contribution in [1.82, 2.24) is 15.1 Å². The maximum Gasteiger partial charge on any atom is 0.320 e. The first-order chi connectivity index (χ1) is 10.1. The molecule has 1 amide bonds. The molecule has 3 heterocycles. The van der Waals surface area contributed by atoms with E-state index >= 15 is 0 Å². The van der Waals surface area contributed by atoms with Crippen molar-refractivity contribution in [2.24, 2.45) is 5.92 Å². The molecule has 6 nitrogen and oxygen atoms in total. The second kappa shape index (κ2) is 6.32. The summed E-state index contributed by atoms with van der Waals surface area (Å²) >= 11 is 0. The lowest BCUT2D eigenvalue weighted by molar-refractivity contribution is -0.144. The van der Waals surface area contributed by atoms with E-state index in [0.29, 0.717) is 18.4 Å². The van der Waals surface area contributed by atoms with Gasteiger partial charge in [-0.15, -0.1) is 0 Å². The van der Waals surface area contributed by atoms with Gasteiger partial charge in [0.15, 0.2) is 0 Å². The van der Waals surface area contributed by atoms with Crippen molar-refractivity contribution < 1.29 is 14.7 Å². The molecule has 3 aliphatic heterocycles. The van der Waals surface area contributed by atoms with Crippen molar-refractivity contribution in [3.8, 4) is 0 Å². The Kier molecular flexibility index (Phi) is 4.45. The predicted molar refractivity (Wildman–Crippen MR) is 77.9 cm³/mol. The molecule has 21 heavy (non-hydrogen) atoms. The second-order valence-corrected chi connectivity index (χ2v) is 6.57. The molecule has 2 N–H and O–H groups in total. The first-order valence-corrected chi connectivity index (χ1v) is 8.12. The zero-order valence-electron chi connectivity index (χ0n) is 12.5. The predicted octanol–water partition coefficient (Wildman–Crippen LogP) is 0.136. The first kappa shape index (κ1) is 14.8. The van der Waals surface area contributed by atoms with Crippen LogP contribution in [0.5, 0.6) is 0 Å². The lowest BCUT2D eigenvalue weighted by atomic mass is 9.97. The maximum atomic E-state index is 12.2. The Labute approximate surface area is 125 Å². The van der Waals surface area contributed by atoms with E-state index in [-0.39, 0.29) is 11.9 Å². The number of nitrogens with one attached hydrogen (secondary N) is 1. The highest BCUT2D eigenvalue weighted by molar-refractivity contribution is 5.76. The highest BCUT2D eigenvalue weighted by Gasteiger charge is 2.37. The van der Waals surface area contributed by atoms with Gasteiger partial charge < -0.3 is 15.3 Å². The van der Waals surface area contributed by atoms with E-state index in [4.69, 9.17) is 0 Å². The Balaban J connectivity index is 1.48. The molecule has 118 valence electrons. The molecule has 3 rings (SSSR count). The number of carbonyl (C=O) groups is 2. The van der Waals surface area contributed by atoms with Crippen LogP contribution in [0.25, 0.3) is 0 Å². The van der Waals surface area contributed by atoms with E-state index in [1.54, 1.807) is 0 Å². The van der Waals surface area contributed by atoms with Crippen LogP contribution in [0.3, 0.4) is 0 Å². The molecule has 0 aromatic carbocycles. The normalized spacial score (nSPS) is 28.6. The molecule has 6 heteroatoms. The number of rotatable bonds is 4. The number of hydrogen-bond acceptors (Lipinski definition) is 4. The quantitative estimate of drug-likeness (QED) is 0.771. The SMILES string of the molecule is O=C(O)C1CCCN1C1CCN(C(=O)CC2CNC2)CC1. The van der Waals surface area contributed by atoms with Crippen LogP contribution >= 0.6 is 0 Å². The van der Waals surface area contributed by atoms with Crippen molar-refractivity contribution in [1.29, 1.82) is 0 Å². The molecule has 0 aromatic heterocycles. The average Bonchev–Trinajstić information content (AvgIpc) is 2.92. The molecule has 3 saturated heterocycles. The van der Waals surface area contributed by atoms with Crippen LogP contribution < -0.4 is 5.32 Å². The van der Waals surface area contributed by atoms with E-state index in [2.05, 4.69) is 10.2 Å². The third-order valence-corrected chi connectivity index (χ3v) is 5.19. The lowest BCUT2D eigenvalue weighted by Crippen LogP contribution is -2.51. The monoisotopic (exact) mass is 295 g/mol. The molecule has 0 radical (unpaired) electrons. The van der Waals surface area contributed by atoms with Crippen molar-refractivity contribution in [3.05, 3.63) is 0 Å². The zero-order valence-corrected chi connectivity index (χ0v) is 12.5. The van der Waals surface area contributed by atoms with Gasteiger partial charge in [0.1, 0.15) is 6.04 Å². The fraction of sp³-hybridized carbons (Fsp3) is 0.867. The number of piperidine rings is 1. The molecule has 1 unspecified atom stereocenters. The van der Waals surface area contributed by atoms with Crippen LogP contribution in [0.15, 0.2) is 0 Å². The van der Waals surface area contributed by atoms with Crippen LogP contribution in [0.1, 0.15) is 32.1 Å². The Bertz CT molecular complexity index is 403. The Morgan fingerprint density at radius 2 is 1.81 bits per heavy atom. The summed E-state index contributed by atoms with van der Waals surface area (Å²) in [5.74, 6) is 0.102. The van der Waals surface area contributed by atoms with Gasteiger partial charge in [0.05, 0.1) is 0 Å².